The number of esters is 1. The molecular weight excluding hydrogens is 466 g/mol. The highest BCUT2D eigenvalue weighted by Gasteiger charge is 2.32. The second kappa shape index (κ2) is 10.0. The summed E-state index contributed by atoms with van der Waals surface area (Å²) < 4.78 is 62.7. The Kier molecular flexibility index (Phi) is 7.35. The Bertz CT molecular complexity index is 1130. The van der Waals surface area contributed by atoms with E-state index in [0.717, 1.165) is 0 Å². The minimum atomic E-state index is -4.75. The number of ether oxygens (including phenoxy) is 2. The molecule has 0 radical (unpaired) electrons. The van der Waals surface area contributed by atoms with Crippen LogP contribution in [0, 0.1) is 5.82 Å². The average Bonchev–Trinajstić information content (AvgIpc) is 2.79. The number of aliphatic hydroxyl groups excluding tert-OH is 1. The molecule has 0 aliphatic heterocycles. The van der Waals surface area contributed by atoms with Crippen molar-refractivity contribution in [2.45, 2.75) is 18.9 Å². The molecule has 0 aliphatic carbocycles. The van der Waals surface area contributed by atoms with Gasteiger partial charge in [0.05, 0.1) is 16.2 Å². The van der Waals surface area contributed by atoms with E-state index in [-0.39, 0.29) is 17.9 Å². The maximum Gasteiger partial charge on any atom is 0.416 e. The largest absolute Gasteiger partial charge is 0.457 e. The topological polar surface area (TPSA) is 68.7 Å². The van der Waals surface area contributed by atoms with Gasteiger partial charge in [-0.3, -0.25) is 4.98 Å². The molecule has 1 N–H and O–H groups in total. The van der Waals surface area contributed by atoms with Crippen LogP contribution in [0.3, 0.4) is 0 Å². The number of alkyl halides is 3. The Balaban J connectivity index is 1.61. The fraction of sp³-hybridized carbons (Fsp3) is 0.130. The van der Waals surface area contributed by atoms with Crippen molar-refractivity contribution in [1.82, 2.24) is 4.98 Å². The van der Waals surface area contributed by atoms with E-state index in [0.29, 0.717) is 23.3 Å². The van der Waals surface area contributed by atoms with Gasteiger partial charge in [0.15, 0.2) is 11.6 Å². The molecule has 172 valence electrons. The highest BCUT2D eigenvalue weighted by molar-refractivity contribution is 6.32. The SMILES string of the molecule is C=C(C(=O)OCc1ccc(Oc2c(F)cc(C(F)(F)F)cc2Cl)cc1)C(O)c1cccnc1. The second-order valence-corrected chi connectivity index (χ2v) is 7.21. The summed E-state index contributed by atoms with van der Waals surface area (Å²) in [5, 5.41) is 9.64. The number of aliphatic hydroxyl groups is 1. The zero-order valence-corrected chi connectivity index (χ0v) is 17.5. The molecule has 0 spiro atoms. The zero-order valence-electron chi connectivity index (χ0n) is 16.8. The quantitative estimate of drug-likeness (QED) is 0.254. The number of nitrogens with zero attached hydrogens (tertiary/aromatic N) is 1. The van der Waals surface area contributed by atoms with Crippen molar-refractivity contribution in [2.75, 3.05) is 0 Å². The van der Waals surface area contributed by atoms with Crippen molar-refractivity contribution in [3.8, 4) is 11.5 Å². The van der Waals surface area contributed by atoms with Gasteiger partial charge in [-0.15, -0.1) is 0 Å². The van der Waals surface area contributed by atoms with Gasteiger partial charge in [-0.2, -0.15) is 13.2 Å². The molecule has 3 rings (SSSR count). The summed E-state index contributed by atoms with van der Waals surface area (Å²) in [6.45, 7) is 3.39. The van der Waals surface area contributed by atoms with Crippen LogP contribution in [0.4, 0.5) is 17.6 Å². The van der Waals surface area contributed by atoms with Crippen LogP contribution < -0.4 is 4.74 Å². The number of hydrogen-bond acceptors (Lipinski definition) is 5. The van der Waals surface area contributed by atoms with Crippen LogP contribution in [0.1, 0.15) is 22.8 Å². The standard InChI is InChI=1S/C23H16ClF4NO4/c1-13(20(30)15-3-2-8-29-11-15)22(31)32-12-14-4-6-17(7-5-14)33-21-18(24)9-16(10-19(21)25)23(26,27)28/h2-11,20,30H,1,12H2. The summed E-state index contributed by atoms with van der Waals surface area (Å²) >= 11 is 5.75. The van der Waals surface area contributed by atoms with Crippen molar-refractivity contribution in [3.63, 3.8) is 0 Å². The lowest BCUT2D eigenvalue weighted by atomic mass is 10.1. The monoisotopic (exact) mass is 481 g/mol. The van der Waals surface area contributed by atoms with Gasteiger partial charge < -0.3 is 14.6 Å². The first-order valence-corrected chi connectivity index (χ1v) is 9.71. The van der Waals surface area contributed by atoms with Gasteiger partial charge in [-0.1, -0.05) is 36.4 Å². The van der Waals surface area contributed by atoms with E-state index in [2.05, 4.69) is 11.6 Å². The number of benzene rings is 2. The van der Waals surface area contributed by atoms with Crippen molar-refractivity contribution in [1.29, 1.82) is 0 Å². The molecule has 33 heavy (non-hydrogen) atoms. The summed E-state index contributed by atoms with van der Waals surface area (Å²) in [6.07, 6.45) is -3.11. The Morgan fingerprint density at radius 2 is 1.88 bits per heavy atom. The van der Waals surface area contributed by atoms with Crippen LogP contribution >= 0.6 is 11.6 Å². The van der Waals surface area contributed by atoms with Crippen molar-refractivity contribution in [3.05, 3.63) is 101 Å². The van der Waals surface area contributed by atoms with Crippen LogP contribution in [0.5, 0.6) is 11.5 Å². The smallest absolute Gasteiger partial charge is 0.416 e. The predicted octanol–water partition coefficient (Wildman–Crippen LogP) is 6.02. The molecule has 1 unspecified atom stereocenters. The Morgan fingerprint density at radius 1 is 1.18 bits per heavy atom. The second-order valence-electron chi connectivity index (χ2n) is 6.80. The van der Waals surface area contributed by atoms with Crippen molar-refractivity contribution >= 4 is 17.6 Å². The van der Waals surface area contributed by atoms with Gasteiger partial charge in [-0.25, -0.2) is 9.18 Å². The molecule has 2 aromatic carbocycles. The first kappa shape index (κ1) is 24.2. The molecule has 0 saturated heterocycles. The van der Waals surface area contributed by atoms with E-state index in [9.17, 15) is 27.5 Å². The molecule has 1 atom stereocenters. The van der Waals surface area contributed by atoms with Gasteiger partial charge in [0.2, 0.25) is 0 Å². The zero-order chi connectivity index (χ0) is 24.2. The third kappa shape index (κ3) is 6.09. The number of aromatic nitrogens is 1. The maximum absolute atomic E-state index is 14.1. The summed E-state index contributed by atoms with van der Waals surface area (Å²) in [7, 11) is 0. The van der Waals surface area contributed by atoms with Crippen LogP contribution in [-0.2, 0) is 22.3 Å². The molecular formula is C23H16ClF4NO4. The molecule has 10 heteroatoms. The number of carbonyl (C=O) groups is 1. The van der Waals surface area contributed by atoms with Crippen LogP contribution in [0.25, 0.3) is 0 Å². The predicted molar refractivity (Wildman–Crippen MR) is 111 cm³/mol. The summed E-state index contributed by atoms with van der Waals surface area (Å²) in [5.41, 5.74) is -0.492. The molecule has 0 bridgehead atoms. The number of hydrogen-bond donors (Lipinski definition) is 1. The van der Waals surface area contributed by atoms with Crippen LogP contribution in [0.2, 0.25) is 5.02 Å². The van der Waals surface area contributed by atoms with E-state index < -0.39 is 40.4 Å². The Hall–Kier alpha value is -3.43. The number of carbonyl (C=O) groups excluding carboxylic acids is 1. The van der Waals surface area contributed by atoms with E-state index in [1.165, 1.54) is 36.7 Å². The van der Waals surface area contributed by atoms with Crippen molar-refractivity contribution < 1.29 is 36.9 Å². The third-order valence-electron chi connectivity index (χ3n) is 4.43. The van der Waals surface area contributed by atoms with Crippen LogP contribution in [0.15, 0.2) is 73.1 Å². The lowest BCUT2D eigenvalue weighted by Crippen LogP contribution is -2.14. The highest BCUT2D eigenvalue weighted by Crippen LogP contribution is 2.38. The molecule has 3 aromatic rings. The lowest BCUT2D eigenvalue weighted by molar-refractivity contribution is -0.141. The lowest BCUT2D eigenvalue weighted by Gasteiger charge is -2.14. The van der Waals surface area contributed by atoms with Gasteiger partial charge in [-0.05, 0) is 35.9 Å². The van der Waals surface area contributed by atoms with E-state index >= 15 is 0 Å². The minimum absolute atomic E-state index is 0.0991. The summed E-state index contributed by atoms with van der Waals surface area (Å²) in [4.78, 5) is 16.0. The van der Waals surface area contributed by atoms with Crippen LogP contribution in [-0.4, -0.2) is 16.1 Å². The maximum atomic E-state index is 14.1. The van der Waals surface area contributed by atoms with Gasteiger partial charge in [0, 0.05) is 18.0 Å². The fourth-order valence-electron chi connectivity index (χ4n) is 2.68. The average molecular weight is 482 g/mol. The molecule has 0 fully saturated rings. The molecule has 0 amide bonds. The van der Waals surface area contributed by atoms with Gasteiger partial charge in [0.1, 0.15) is 18.5 Å². The number of pyridine rings is 1. The van der Waals surface area contributed by atoms with Gasteiger partial charge >= 0.3 is 12.1 Å². The molecule has 0 saturated carbocycles. The Labute approximate surface area is 190 Å². The third-order valence-corrected chi connectivity index (χ3v) is 4.71. The molecule has 5 nitrogen and oxygen atoms in total. The Morgan fingerprint density at radius 3 is 2.45 bits per heavy atom. The molecule has 1 aromatic heterocycles. The molecule has 0 aliphatic rings. The first-order valence-electron chi connectivity index (χ1n) is 9.33. The fourth-order valence-corrected chi connectivity index (χ4v) is 2.93. The number of rotatable bonds is 7. The first-order chi connectivity index (χ1) is 15.6. The van der Waals surface area contributed by atoms with Gasteiger partial charge in [0.25, 0.3) is 0 Å². The summed E-state index contributed by atoms with van der Waals surface area (Å²) in [5.74, 6) is -2.53. The van der Waals surface area contributed by atoms with E-state index in [1.807, 2.05) is 0 Å². The molecule has 1 heterocycles. The summed E-state index contributed by atoms with van der Waals surface area (Å²) in [6, 6.07) is 9.84. The minimum Gasteiger partial charge on any atom is -0.457 e. The highest BCUT2D eigenvalue weighted by atomic mass is 35.5. The van der Waals surface area contributed by atoms with E-state index in [4.69, 9.17) is 21.1 Å². The van der Waals surface area contributed by atoms with E-state index in [1.54, 1.807) is 12.1 Å². The number of halogens is 5. The normalized spacial score (nSPS) is 12.2. The van der Waals surface area contributed by atoms with Crippen molar-refractivity contribution in [2.24, 2.45) is 0 Å².